The average Bonchev–Trinajstić information content (AvgIpc) is 3.09. The van der Waals surface area contributed by atoms with Crippen LogP contribution in [-0.2, 0) is 20.9 Å². The van der Waals surface area contributed by atoms with E-state index < -0.39 is 35.8 Å². The minimum atomic E-state index is -1.06. The van der Waals surface area contributed by atoms with Crippen LogP contribution in [0, 0.1) is 5.92 Å². The number of carbonyl (C=O) groups excluding carboxylic acids is 2. The standard InChI is InChI=1S/C21H28N2O6/c1-21(2,3)29-19(26)22-11-15-9-10-16(18(24)25)23(17(15)12-22)20(27)28-13-14-7-5-4-6-8-14/h4-8,15-17H,9-13H2,1-3H3,(H,24,25)/t15-,16+,17-/m1/s1. The highest BCUT2D eigenvalue weighted by Gasteiger charge is 2.49. The first kappa shape index (κ1) is 21.0. The van der Waals surface area contributed by atoms with Crippen molar-refractivity contribution in [3.8, 4) is 0 Å². The first-order chi connectivity index (χ1) is 13.7. The van der Waals surface area contributed by atoms with Crippen LogP contribution in [0.2, 0.25) is 0 Å². The second kappa shape index (κ2) is 8.31. The number of fused-ring (bicyclic) bond motifs is 1. The molecule has 8 nitrogen and oxygen atoms in total. The van der Waals surface area contributed by atoms with Crippen molar-refractivity contribution in [3.63, 3.8) is 0 Å². The molecule has 29 heavy (non-hydrogen) atoms. The van der Waals surface area contributed by atoms with Crippen molar-refractivity contribution in [2.45, 2.75) is 57.9 Å². The molecule has 0 aliphatic carbocycles. The zero-order valence-corrected chi connectivity index (χ0v) is 17.0. The number of ether oxygens (including phenoxy) is 2. The lowest BCUT2D eigenvalue weighted by Crippen LogP contribution is -2.56. The van der Waals surface area contributed by atoms with Gasteiger partial charge in [-0.3, -0.25) is 4.90 Å². The third-order valence-corrected chi connectivity index (χ3v) is 5.26. The Hall–Kier alpha value is -2.77. The zero-order chi connectivity index (χ0) is 21.2. The van der Waals surface area contributed by atoms with Crippen molar-refractivity contribution >= 4 is 18.2 Å². The number of aliphatic carboxylic acids is 1. The van der Waals surface area contributed by atoms with Crippen molar-refractivity contribution in [1.29, 1.82) is 0 Å². The summed E-state index contributed by atoms with van der Waals surface area (Å²) in [6, 6.07) is 7.86. The smallest absolute Gasteiger partial charge is 0.411 e. The minimum absolute atomic E-state index is 0.00222. The number of amides is 2. The Morgan fingerprint density at radius 2 is 1.76 bits per heavy atom. The SMILES string of the molecule is CC(C)(C)OC(=O)N1C[C@H]2CC[C@@H](C(=O)O)N(C(=O)OCc3ccccc3)[C@@H]2C1. The Balaban J connectivity index is 1.72. The van der Waals surface area contributed by atoms with E-state index >= 15 is 0 Å². The lowest BCUT2D eigenvalue weighted by atomic mass is 9.88. The maximum absolute atomic E-state index is 12.8. The van der Waals surface area contributed by atoms with Gasteiger partial charge in [0.25, 0.3) is 0 Å². The van der Waals surface area contributed by atoms with E-state index in [1.807, 2.05) is 30.3 Å². The number of likely N-dealkylation sites (tertiary alicyclic amines) is 2. The lowest BCUT2D eigenvalue weighted by molar-refractivity contribution is -0.145. The Labute approximate surface area is 170 Å². The number of hydrogen-bond acceptors (Lipinski definition) is 5. The van der Waals surface area contributed by atoms with Crippen LogP contribution in [0.25, 0.3) is 0 Å². The summed E-state index contributed by atoms with van der Waals surface area (Å²) < 4.78 is 10.9. The topological polar surface area (TPSA) is 96.4 Å². The van der Waals surface area contributed by atoms with Gasteiger partial charge in [-0.1, -0.05) is 30.3 Å². The predicted molar refractivity (Wildman–Crippen MR) is 104 cm³/mol. The first-order valence-electron chi connectivity index (χ1n) is 9.85. The van der Waals surface area contributed by atoms with Crippen LogP contribution >= 0.6 is 0 Å². The molecule has 2 aliphatic heterocycles. The molecule has 2 heterocycles. The average molecular weight is 404 g/mol. The zero-order valence-electron chi connectivity index (χ0n) is 17.0. The molecule has 3 atom stereocenters. The fraction of sp³-hybridized carbons (Fsp3) is 0.571. The molecule has 0 saturated carbocycles. The summed E-state index contributed by atoms with van der Waals surface area (Å²) in [5.41, 5.74) is 0.200. The highest BCUT2D eigenvalue weighted by Crippen LogP contribution is 2.35. The summed E-state index contributed by atoms with van der Waals surface area (Å²) in [5, 5.41) is 9.64. The molecule has 0 radical (unpaired) electrons. The van der Waals surface area contributed by atoms with Gasteiger partial charge in [0, 0.05) is 13.1 Å². The normalized spacial score (nSPS) is 24.0. The van der Waals surface area contributed by atoms with Gasteiger partial charge in [-0.05, 0) is 45.1 Å². The number of carboxylic acids is 1. The monoisotopic (exact) mass is 404 g/mol. The highest BCUT2D eigenvalue weighted by atomic mass is 16.6. The molecule has 1 N–H and O–H groups in total. The number of benzene rings is 1. The van der Waals surface area contributed by atoms with Crippen LogP contribution < -0.4 is 0 Å². The number of rotatable bonds is 3. The molecule has 1 aromatic rings. The van der Waals surface area contributed by atoms with Gasteiger partial charge in [-0.15, -0.1) is 0 Å². The molecule has 0 unspecified atom stereocenters. The minimum Gasteiger partial charge on any atom is -0.480 e. The summed E-state index contributed by atoms with van der Waals surface area (Å²) in [5.74, 6) is -1.06. The lowest BCUT2D eigenvalue weighted by Gasteiger charge is -2.40. The summed E-state index contributed by atoms with van der Waals surface area (Å²) in [6.45, 7) is 6.12. The molecule has 2 fully saturated rings. The van der Waals surface area contributed by atoms with Gasteiger partial charge in [0.2, 0.25) is 0 Å². The first-order valence-corrected chi connectivity index (χ1v) is 9.85. The fourth-order valence-corrected chi connectivity index (χ4v) is 3.97. The number of carbonyl (C=O) groups is 3. The van der Waals surface area contributed by atoms with E-state index in [0.717, 1.165) is 5.56 Å². The predicted octanol–water partition coefficient (Wildman–Crippen LogP) is 3.11. The van der Waals surface area contributed by atoms with Crippen molar-refractivity contribution in [1.82, 2.24) is 9.80 Å². The molecular formula is C21H28N2O6. The van der Waals surface area contributed by atoms with Crippen LogP contribution in [0.1, 0.15) is 39.2 Å². The van der Waals surface area contributed by atoms with E-state index in [0.29, 0.717) is 19.4 Å². The third-order valence-electron chi connectivity index (χ3n) is 5.26. The second-order valence-electron chi connectivity index (χ2n) is 8.59. The van der Waals surface area contributed by atoms with E-state index in [1.165, 1.54) is 4.90 Å². The van der Waals surface area contributed by atoms with Gasteiger partial charge in [0.05, 0.1) is 6.04 Å². The van der Waals surface area contributed by atoms with Crippen LogP contribution in [0.4, 0.5) is 9.59 Å². The van der Waals surface area contributed by atoms with E-state index in [1.54, 1.807) is 25.7 Å². The van der Waals surface area contributed by atoms with Gasteiger partial charge < -0.3 is 19.5 Å². The van der Waals surface area contributed by atoms with E-state index in [4.69, 9.17) is 9.47 Å². The Morgan fingerprint density at radius 3 is 2.38 bits per heavy atom. The molecule has 0 bridgehead atoms. The van der Waals surface area contributed by atoms with Crippen molar-refractivity contribution in [2.24, 2.45) is 5.92 Å². The molecule has 158 valence electrons. The highest BCUT2D eigenvalue weighted by molar-refractivity contribution is 5.81. The molecular weight excluding hydrogens is 376 g/mol. The molecule has 3 rings (SSSR count). The van der Waals surface area contributed by atoms with Crippen LogP contribution in [0.3, 0.4) is 0 Å². The van der Waals surface area contributed by atoms with E-state index in [-0.39, 0.29) is 19.1 Å². The fourth-order valence-electron chi connectivity index (χ4n) is 3.97. The molecule has 0 spiro atoms. The number of hydrogen-bond donors (Lipinski definition) is 1. The largest absolute Gasteiger partial charge is 0.480 e. The van der Waals surface area contributed by atoms with Gasteiger partial charge in [0.1, 0.15) is 18.2 Å². The summed E-state index contributed by atoms with van der Waals surface area (Å²) >= 11 is 0. The molecule has 2 saturated heterocycles. The summed E-state index contributed by atoms with van der Waals surface area (Å²) in [7, 11) is 0. The van der Waals surface area contributed by atoms with Crippen LogP contribution in [0.5, 0.6) is 0 Å². The summed E-state index contributed by atoms with van der Waals surface area (Å²) in [4.78, 5) is 39.9. The third kappa shape index (κ3) is 4.99. The molecule has 1 aromatic carbocycles. The number of carboxylic acid groups (broad SMARTS) is 1. The maximum Gasteiger partial charge on any atom is 0.411 e. The summed E-state index contributed by atoms with van der Waals surface area (Å²) in [6.07, 6.45) is -0.152. The molecule has 2 amide bonds. The number of piperidine rings is 1. The Morgan fingerprint density at radius 1 is 1.07 bits per heavy atom. The maximum atomic E-state index is 12.8. The molecule has 0 aromatic heterocycles. The Kier molecular flexibility index (Phi) is 6.00. The quantitative estimate of drug-likeness (QED) is 0.832. The van der Waals surface area contributed by atoms with Gasteiger partial charge >= 0.3 is 18.2 Å². The number of nitrogens with zero attached hydrogens (tertiary/aromatic N) is 2. The molecule has 8 heteroatoms. The van der Waals surface area contributed by atoms with Crippen LogP contribution in [-0.4, -0.2) is 63.8 Å². The van der Waals surface area contributed by atoms with Gasteiger partial charge in [0.15, 0.2) is 0 Å². The van der Waals surface area contributed by atoms with Crippen molar-refractivity contribution in [2.75, 3.05) is 13.1 Å². The second-order valence-corrected chi connectivity index (χ2v) is 8.59. The van der Waals surface area contributed by atoms with Gasteiger partial charge in [-0.25, -0.2) is 14.4 Å². The van der Waals surface area contributed by atoms with Crippen LogP contribution in [0.15, 0.2) is 30.3 Å². The van der Waals surface area contributed by atoms with E-state index in [2.05, 4.69) is 0 Å². The van der Waals surface area contributed by atoms with Gasteiger partial charge in [-0.2, -0.15) is 0 Å². The van der Waals surface area contributed by atoms with Crippen molar-refractivity contribution < 1.29 is 29.0 Å². The Bertz CT molecular complexity index is 760. The van der Waals surface area contributed by atoms with Crippen molar-refractivity contribution in [3.05, 3.63) is 35.9 Å². The molecule has 2 aliphatic rings. The van der Waals surface area contributed by atoms with E-state index in [9.17, 15) is 19.5 Å².